The molecule has 0 saturated carbocycles. The molecule has 0 spiro atoms. The Bertz CT molecular complexity index is 1170. The Balaban J connectivity index is 1.78. The molecule has 1 unspecified atom stereocenters. The highest BCUT2D eigenvalue weighted by Gasteiger charge is 2.46. The Morgan fingerprint density at radius 3 is 2.37 bits per heavy atom. The summed E-state index contributed by atoms with van der Waals surface area (Å²) in [5, 5.41) is 11.2. The van der Waals surface area contributed by atoms with Crippen LogP contribution in [0, 0.1) is 0 Å². The minimum Gasteiger partial charge on any atom is -0.507 e. The highest BCUT2D eigenvalue weighted by molar-refractivity contribution is 6.46. The number of likely N-dealkylation sites (tertiary alicyclic amines) is 1. The molecule has 1 N–H and O–H groups in total. The summed E-state index contributed by atoms with van der Waals surface area (Å²) in [5.41, 5.74) is 1.26. The van der Waals surface area contributed by atoms with Crippen molar-refractivity contribution in [1.82, 2.24) is 9.80 Å². The number of nitrogens with zero attached hydrogens (tertiary/aromatic N) is 2. The predicted molar refractivity (Wildman–Crippen MR) is 127 cm³/mol. The summed E-state index contributed by atoms with van der Waals surface area (Å²) >= 11 is 0. The summed E-state index contributed by atoms with van der Waals surface area (Å²) in [7, 11) is 1.30. The second kappa shape index (κ2) is 10.2. The zero-order chi connectivity index (χ0) is 25.1. The molecule has 0 bridgehead atoms. The Kier molecular flexibility index (Phi) is 7.07. The van der Waals surface area contributed by atoms with Crippen molar-refractivity contribution < 1.29 is 33.7 Å². The summed E-state index contributed by atoms with van der Waals surface area (Å²) in [6.07, 6.45) is 0. The molecule has 2 aromatic carbocycles. The zero-order valence-electron chi connectivity index (χ0n) is 19.9. The van der Waals surface area contributed by atoms with Gasteiger partial charge in [0.1, 0.15) is 5.76 Å². The first-order valence-electron chi connectivity index (χ1n) is 11.5. The number of esters is 1. The maximum absolute atomic E-state index is 13.2. The van der Waals surface area contributed by atoms with Gasteiger partial charge in [-0.25, -0.2) is 4.79 Å². The smallest absolute Gasteiger partial charge is 0.337 e. The first kappa shape index (κ1) is 24.3. The Morgan fingerprint density at radius 1 is 1.06 bits per heavy atom. The summed E-state index contributed by atoms with van der Waals surface area (Å²) in [6.45, 7) is 6.60. The van der Waals surface area contributed by atoms with Crippen LogP contribution in [0.4, 0.5) is 0 Å². The molecule has 9 heteroatoms. The van der Waals surface area contributed by atoms with E-state index in [9.17, 15) is 19.5 Å². The van der Waals surface area contributed by atoms with Crippen LogP contribution < -0.4 is 9.47 Å². The summed E-state index contributed by atoms with van der Waals surface area (Å²) in [5.74, 6) is -1.25. The predicted octanol–water partition coefficient (Wildman–Crippen LogP) is 2.97. The highest BCUT2D eigenvalue weighted by Crippen LogP contribution is 2.41. The number of hydrogen-bond donors (Lipinski definition) is 1. The van der Waals surface area contributed by atoms with E-state index < -0.39 is 23.7 Å². The first-order chi connectivity index (χ1) is 16.9. The normalized spacial score (nSPS) is 18.4. The van der Waals surface area contributed by atoms with Crippen molar-refractivity contribution >= 4 is 23.4 Å². The van der Waals surface area contributed by atoms with Crippen LogP contribution in [0.15, 0.2) is 48.0 Å². The van der Waals surface area contributed by atoms with E-state index in [1.807, 2.05) is 13.8 Å². The van der Waals surface area contributed by atoms with Crippen molar-refractivity contribution in [1.29, 1.82) is 0 Å². The van der Waals surface area contributed by atoms with Gasteiger partial charge < -0.3 is 29.1 Å². The average molecular weight is 481 g/mol. The molecule has 2 heterocycles. The van der Waals surface area contributed by atoms with Crippen LogP contribution in [0.25, 0.3) is 5.76 Å². The van der Waals surface area contributed by atoms with Crippen LogP contribution >= 0.6 is 0 Å². The monoisotopic (exact) mass is 480 g/mol. The number of likely N-dealkylation sites (N-methyl/N-ethyl adjacent to an activating group) is 1. The van der Waals surface area contributed by atoms with Crippen molar-refractivity contribution in [3.8, 4) is 11.5 Å². The van der Waals surface area contributed by atoms with E-state index >= 15 is 0 Å². The van der Waals surface area contributed by atoms with Gasteiger partial charge in [-0.2, -0.15) is 0 Å². The quantitative estimate of drug-likeness (QED) is 0.266. The van der Waals surface area contributed by atoms with Gasteiger partial charge in [-0.3, -0.25) is 9.59 Å². The summed E-state index contributed by atoms with van der Waals surface area (Å²) in [4.78, 5) is 41.8. The number of methoxy groups -OCH3 is 1. The molecule has 0 aromatic heterocycles. The number of rotatable bonds is 8. The van der Waals surface area contributed by atoms with Crippen molar-refractivity contribution in [2.24, 2.45) is 0 Å². The van der Waals surface area contributed by atoms with Gasteiger partial charge in [-0.05, 0) is 49.0 Å². The molecule has 0 aliphatic carbocycles. The van der Waals surface area contributed by atoms with E-state index in [1.165, 1.54) is 12.0 Å². The Labute approximate surface area is 203 Å². The van der Waals surface area contributed by atoms with E-state index in [0.717, 1.165) is 13.1 Å². The van der Waals surface area contributed by atoms with Crippen molar-refractivity contribution in [2.75, 3.05) is 40.1 Å². The molecule has 9 nitrogen and oxygen atoms in total. The average Bonchev–Trinajstić information content (AvgIpc) is 3.46. The molecule has 2 aromatic rings. The molecule has 0 radical (unpaired) electrons. The Hall–Kier alpha value is -3.85. The lowest BCUT2D eigenvalue weighted by Crippen LogP contribution is -2.38. The third-order valence-electron chi connectivity index (χ3n) is 6.39. The van der Waals surface area contributed by atoms with E-state index in [2.05, 4.69) is 4.90 Å². The molecule has 1 saturated heterocycles. The summed E-state index contributed by atoms with van der Waals surface area (Å²) in [6, 6.07) is 10.5. The molecule has 2 aliphatic heterocycles. The van der Waals surface area contributed by atoms with E-state index in [-0.39, 0.29) is 18.1 Å². The second-order valence-electron chi connectivity index (χ2n) is 8.20. The lowest BCUT2D eigenvalue weighted by molar-refractivity contribution is -0.140. The second-order valence-corrected chi connectivity index (χ2v) is 8.20. The molecular formula is C26H28N2O7. The summed E-state index contributed by atoms with van der Waals surface area (Å²) < 4.78 is 15.5. The fourth-order valence-electron chi connectivity index (χ4n) is 4.36. The van der Waals surface area contributed by atoms with Gasteiger partial charge in [0.2, 0.25) is 6.79 Å². The topological polar surface area (TPSA) is 106 Å². The third kappa shape index (κ3) is 4.59. The van der Waals surface area contributed by atoms with Crippen LogP contribution in [0.1, 0.15) is 41.4 Å². The molecule has 35 heavy (non-hydrogen) atoms. The minimum atomic E-state index is -0.817. The van der Waals surface area contributed by atoms with Gasteiger partial charge in [0, 0.05) is 18.7 Å². The number of aliphatic hydroxyl groups excluding tert-OH is 1. The number of Topliss-reactive ketones (excluding diaryl/α,β-unsaturated/α-hetero) is 1. The fraction of sp³-hybridized carbons (Fsp3) is 0.346. The third-order valence-corrected chi connectivity index (χ3v) is 6.39. The van der Waals surface area contributed by atoms with Crippen LogP contribution in [0.5, 0.6) is 11.5 Å². The van der Waals surface area contributed by atoms with Crippen LogP contribution in [0.3, 0.4) is 0 Å². The SMILES string of the molecule is CCN(CC)CCN1C(=O)C(=O)/C(=C(/O)c2ccc3c(c2)OCO3)C1c1ccc(C(=O)OC)cc1. The number of fused-ring (bicyclic) bond motifs is 1. The number of aliphatic hydroxyl groups is 1. The van der Waals surface area contributed by atoms with Gasteiger partial charge in [-0.1, -0.05) is 26.0 Å². The van der Waals surface area contributed by atoms with E-state index in [0.29, 0.717) is 41.3 Å². The van der Waals surface area contributed by atoms with Gasteiger partial charge in [-0.15, -0.1) is 0 Å². The minimum absolute atomic E-state index is 0.0146. The molecule has 2 aliphatic rings. The van der Waals surface area contributed by atoms with Crippen LogP contribution in [-0.2, 0) is 14.3 Å². The van der Waals surface area contributed by atoms with Crippen molar-refractivity contribution in [3.63, 3.8) is 0 Å². The van der Waals surface area contributed by atoms with Gasteiger partial charge in [0.05, 0.1) is 24.3 Å². The Morgan fingerprint density at radius 2 is 1.71 bits per heavy atom. The van der Waals surface area contributed by atoms with Gasteiger partial charge in [0.25, 0.3) is 11.7 Å². The number of hydrogen-bond acceptors (Lipinski definition) is 8. The van der Waals surface area contributed by atoms with Crippen LogP contribution in [0.2, 0.25) is 0 Å². The number of carbonyl (C=O) groups excluding carboxylic acids is 3. The van der Waals surface area contributed by atoms with Gasteiger partial charge in [0.15, 0.2) is 11.5 Å². The van der Waals surface area contributed by atoms with Crippen LogP contribution in [-0.4, -0.2) is 72.6 Å². The molecular weight excluding hydrogens is 452 g/mol. The molecule has 4 rings (SSSR count). The lowest BCUT2D eigenvalue weighted by atomic mass is 9.94. The number of benzene rings is 2. The van der Waals surface area contributed by atoms with E-state index in [4.69, 9.17) is 14.2 Å². The maximum atomic E-state index is 13.2. The van der Waals surface area contributed by atoms with Crippen molar-refractivity contribution in [3.05, 3.63) is 64.7 Å². The maximum Gasteiger partial charge on any atom is 0.337 e. The van der Waals surface area contributed by atoms with Crippen molar-refractivity contribution in [2.45, 2.75) is 19.9 Å². The first-order valence-corrected chi connectivity index (χ1v) is 11.5. The standard InChI is InChI=1S/C26H28N2O7/c1-4-27(5-2)12-13-28-22(16-6-8-17(9-7-16)26(32)33-3)21(24(30)25(28)31)23(29)18-10-11-19-20(14-18)35-15-34-19/h6-11,14,22,29H,4-5,12-13,15H2,1-3H3/b23-21+. The molecule has 1 amide bonds. The molecule has 184 valence electrons. The lowest BCUT2D eigenvalue weighted by Gasteiger charge is -2.28. The number of ether oxygens (including phenoxy) is 3. The number of carbonyl (C=O) groups is 3. The fourth-order valence-corrected chi connectivity index (χ4v) is 4.36. The zero-order valence-corrected chi connectivity index (χ0v) is 19.9. The highest BCUT2D eigenvalue weighted by atomic mass is 16.7. The molecule has 1 fully saturated rings. The van der Waals surface area contributed by atoms with Gasteiger partial charge >= 0.3 is 5.97 Å². The number of ketones is 1. The largest absolute Gasteiger partial charge is 0.507 e. The number of amides is 1. The molecule has 1 atom stereocenters. The van der Waals surface area contributed by atoms with E-state index in [1.54, 1.807) is 42.5 Å².